The van der Waals surface area contributed by atoms with Crippen LogP contribution < -0.4 is 5.14 Å². The highest BCUT2D eigenvalue weighted by Crippen LogP contribution is 2.22. The molecule has 2 aliphatic rings. The van der Waals surface area contributed by atoms with Gasteiger partial charge in [-0.2, -0.15) is 12.7 Å². The van der Waals surface area contributed by atoms with Crippen molar-refractivity contribution in [2.45, 2.75) is 25.8 Å². The summed E-state index contributed by atoms with van der Waals surface area (Å²) in [5, 5.41) is 5.11. The van der Waals surface area contributed by atoms with Gasteiger partial charge < -0.3 is 9.80 Å². The Labute approximate surface area is 120 Å². The van der Waals surface area contributed by atoms with Crippen LogP contribution in [-0.2, 0) is 15.0 Å². The highest BCUT2D eigenvalue weighted by atomic mass is 32.2. The fraction of sp³-hybridized carbons (Fsp3) is 0.917. The van der Waals surface area contributed by atoms with Gasteiger partial charge in [0.05, 0.1) is 0 Å². The van der Waals surface area contributed by atoms with Crippen LogP contribution >= 0.6 is 0 Å². The molecule has 0 spiro atoms. The Kier molecular flexibility index (Phi) is 4.68. The van der Waals surface area contributed by atoms with Gasteiger partial charge in [-0.25, -0.2) is 5.14 Å². The molecule has 1 atom stereocenters. The van der Waals surface area contributed by atoms with Crippen molar-refractivity contribution in [3.05, 3.63) is 0 Å². The predicted molar refractivity (Wildman–Crippen MR) is 76.1 cm³/mol. The molecule has 0 saturated carbocycles. The molecule has 2 rings (SSSR count). The van der Waals surface area contributed by atoms with Crippen molar-refractivity contribution in [1.82, 2.24) is 14.1 Å². The first-order chi connectivity index (χ1) is 9.29. The van der Waals surface area contributed by atoms with Crippen molar-refractivity contribution in [1.29, 1.82) is 0 Å². The Morgan fingerprint density at radius 3 is 2.25 bits per heavy atom. The maximum atomic E-state index is 12.5. The summed E-state index contributed by atoms with van der Waals surface area (Å²) in [6.45, 7) is 5.29. The Morgan fingerprint density at radius 2 is 1.75 bits per heavy atom. The lowest BCUT2D eigenvalue weighted by atomic mass is 9.95. The molecule has 2 aliphatic heterocycles. The summed E-state index contributed by atoms with van der Waals surface area (Å²) in [5.41, 5.74) is 0. The number of piperidine rings is 1. The zero-order valence-corrected chi connectivity index (χ0v) is 13.0. The van der Waals surface area contributed by atoms with Crippen LogP contribution in [0.4, 0.5) is 0 Å². The molecule has 0 aromatic heterocycles. The van der Waals surface area contributed by atoms with E-state index in [-0.39, 0.29) is 17.9 Å². The molecular weight excluding hydrogens is 280 g/mol. The molecule has 2 N–H and O–H groups in total. The van der Waals surface area contributed by atoms with Crippen LogP contribution in [0.1, 0.15) is 19.8 Å². The molecule has 0 bridgehead atoms. The number of nitrogens with zero attached hydrogens (tertiary/aromatic N) is 3. The number of amides is 1. The fourth-order valence-electron chi connectivity index (χ4n) is 3.06. The molecule has 1 unspecified atom stereocenters. The highest BCUT2D eigenvalue weighted by molar-refractivity contribution is 7.86. The molecule has 7 nitrogen and oxygen atoms in total. The van der Waals surface area contributed by atoms with E-state index < -0.39 is 10.2 Å². The summed E-state index contributed by atoms with van der Waals surface area (Å²) in [6, 6.07) is 0.220. The van der Waals surface area contributed by atoms with Gasteiger partial charge in [0.25, 0.3) is 10.2 Å². The topological polar surface area (TPSA) is 86.9 Å². The summed E-state index contributed by atoms with van der Waals surface area (Å²) in [7, 11) is -1.56. The van der Waals surface area contributed by atoms with Crippen molar-refractivity contribution < 1.29 is 13.2 Å². The molecule has 20 heavy (non-hydrogen) atoms. The Hall–Kier alpha value is -0.700. The number of nitrogens with two attached hydrogens (primary N) is 1. The van der Waals surface area contributed by atoms with E-state index in [4.69, 9.17) is 5.14 Å². The van der Waals surface area contributed by atoms with Crippen LogP contribution in [0.25, 0.3) is 0 Å². The Bertz CT molecular complexity index is 459. The molecule has 0 aromatic rings. The minimum absolute atomic E-state index is 0.0705. The third kappa shape index (κ3) is 3.49. The lowest BCUT2D eigenvalue weighted by Crippen LogP contribution is -2.55. The standard InChI is InChI=1S/C12H24N4O3S/c1-10-9-14(2)7-8-16(10)12(17)11-3-5-15(6-4-11)20(13,18)19/h10-11H,3-9H2,1-2H3,(H2,13,18,19). The minimum Gasteiger partial charge on any atom is -0.337 e. The zero-order valence-electron chi connectivity index (χ0n) is 12.2. The molecule has 116 valence electrons. The number of hydrogen-bond donors (Lipinski definition) is 1. The molecule has 8 heteroatoms. The molecule has 0 radical (unpaired) electrons. The first-order valence-corrected chi connectivity index (χ1v) is 8.56. The van der Waals surface area contributed by atoms with Gasteiger partial charge in [0.2, 0.25) is 5.91 Å². The highest BCUT2D eigenvalue weighted by Gasteiger charge is 2.34. The maximum Gasteiger partial charge on any atom is 0.276 e. The van der Waals surface area contributed by atoms with E-state index in [1.807, 2.05) is 4.90 Å². The van der Waals surface area contributed by atoms with Gasteiger partial charge in [-0.15, -0.1) is 0 Å². The van der Waals surface area contributed by atoms with Crippen molar-refractivity contribution in [2.75, 3.05) is 39.8 Å². The fourth-order valence-corrected chi connectivity index (χ4v) is 3.78. The maximum absolute atomic E-state index is 12.5. The Balaban J connectivity index is 1.92. The van der Waals surface area contributed by atoms with E-state index in [9.17, 15) is 13.2 Å². The number of rotatable bonds is 2. The zero-order chi connectivity index (χ0) is 14.9. The normalized spacial score (nSPS) is 27.8. The van der Waals surface area contributed by atoms with Crippen LogP contribution in [0.2, 0.25) is 0 Å². The lowest BCUT2D eigenvalue weighted by Gasteiger charge is -2.41. The van der Waals surface area contributed by atoms with E-state index in [0.29, 0.717) is 25.9 Å². The summed E-state index contributed by atoms with van der Waals surface area (Å²) in [5.74, 6) is 0.0959. The van der Waals surface area contributed by atoms with Crippen LogP contribution in [-0.4, -0.2) is 74.2 Å². The van der Waals surface area contributed by atoms with Gasteiger partial charge in [-0.05, 0) is 26.8 Å². The summed E-state index contributed by atoms with van der Waals surface area (Å²) >= 11 is 0. The number of carbonyl (C=O) groups excluding carboxylic acids is 1. The molecule has 2 fully saturated rings. The monoisotopic (exact) mass is 304 g/mol. The largest absolute Gasteiger partial charge is 0.337 e. The van der Waals surface area contributed by atoms with Crippen LogP contribution in [0.15, 0.2) is 0 Å². The van der Waals surface area contributed by atoms with Crippen molar-refractivity contribution in [3.63, 3.8) is 0 Å². The first kappa shape index (κ1) is 15.7. The number of carbonyl (C=O) groups is 1. The summed E-state index contributed by atoms with van der Waals surface area (Å²) < 4.78 is 23.8. The third-order valence-electron chi connectivity index (χ3n) is 4.28. The number of hydrogen-bond acceptors (Lipinski definition) is 4. The van der Waals surface area contributed by atoms with Gasteiger partial charge in [0, 0.05) is 44.7 Å². The smallest absolute Gasteiger partial charge is 0.276 e. The second kappa shape index (κ2) is 5.97. The first-order valence-electron chi connectivity index (χ1n) is 7.06. The number of piperazine rings is 1. The van der Waals surface area contributed by atoms with E-state index in [0.717, 1.165) is 19.6 Å². The van der Waals surface area contributed by atoms with Crippen molar-refractivity contribution >= 4 is 16.1 Å². The third-order valence-corrected chi connectivity index (χ3v) is 5.36. The average Bonchev–Trinajstić information content (AvgIpc) is 2.37. The molecular formula is C12H24N4O3S. The van der Waals surface area contributed by atoms with Crippen LogP contribution in [0.5, 0.6) is 0 Å². The minimum atomic E-state index is -3.62. The van der Waals surface area contributed by atoms with E-state index in [1.54, 1.807) is 0 Å². The summed E-state index contributed by atoms with van der Waals surface area (Å²) in [6.07, 6.45) is 1.13. The van der Waals surface area contributed by atoms with Crippen molar-refractivity contribution in [3.8, 4) is 0 Å². The van der Waals surface area contributed by atoms with Gasteiger partial charge in [0.15, 0.2) is 0 Å². The molecule has 0 aromatic carbocycles. The van der Waals surface area contributed by atoms with E-state index >= 15 is 0 Å². The number of likely N-dealkylation sites (N-methyl/N-ethyl adjacent to an activating group) is 1. The van der Waals surface area contributed by atoms with E-state index in [2.05, 4.69) is 18.9 Å². The van der Waals surface area contributed by atoms with Gasteiger partial charge in [-0.1, -0.05) is 0 Å². The SMILES string of the molecule is CC1CN(C)CCN1C(=O)C1CCN(S(N)(=O)=O)CC1. The Morgan fingerprint density at radius 1 is 1.15 bits per heavy atom. The molecule has 2 heterocycles. The summed E-state index contributed by atoms with van der Waals surface area (Å²) in [4.78, 5) is 16.7. The van der Waals surface area contributed by atoms with Gasteiger partial charge >= 0.3 is 0 Å². The van der Waals surface area contributed by atoms with Gasteiger partial charge in [0.1, 0.15) is 0 Å². The van der Waals surface area contributed by atoms with Gasteiger partial charge in [-0.3, -0.25) is 4.79 Å². The average molecular weight is 304 g/mol. The second-order valence-corrected chi connectivity index (χ2v) is 7.41. The molecule has 1 amide bonds. The predicted octanol–water partition coefficient (Wildman–Crippen LogP) is -0.936. The van der Waals surface area contributed by atoms with Crippen LogP contribution in [0.3, 0.4) is 0 Å². The second-order valence-electron chi connectivity index (χ2n) is 5.86. The van der Waals surface area contributed by atoms with Crippen molar-refractivity contribution in [2.24, 2.45) is 11.1 Å². The molecule has 2 saturated heterocycles. The quantitative estimate of drug-likeness (QED) is 0.713. The lowest BCUT2D eigenvalue weighted by molar-refractivity contribution is -0.141. The van der Waals surface area contributed by atoms with E-state index in [1.165, 1.54) is 4.31 Å². The molecule has 0 aliphatic carbocycles. The van der Waals surface area contributed by atoms with Crippen LogP contribution in [0, 0.1) is 5.92 Å².